The first-order chi connectivity index (χ1) is 8.56. The zero-order valence-corrected chi connectivity index (χ0v) is 10.9. The van der Waals surface area contributed by atoms with Crippen molar-refractivity contribution in [1.29, 1.82) is 0 Å². The minimum absolute atomic E-state index is 0.477. The first kappa shape index (κ1) is 16.2. The fourth-order valence-corrected chi connectivity index (χ4v) is 1.16. The quantitative estimate of drug-likeness (QED) is 0.808. The van der Waals surface area contributed by atoms with Crippen LogP contribution >= 0.6 is 0 Å². The number of carbonyl (C=O) groups is 1. The van der Waals surface area contributed by atoms with E-state index >= 15 is 0 Å². The summed E-state index contributed by atoms with van der Waals surface area (Å²) in [5.74, 6) is 4.96. The van der Waals surface area contributed by atoms with Gasteiger partial charge in [0.15, 0.2) is 0 Å². The maximum atomic E-state index is 9.47. The highest BCUT2D eigenvalue weighted by molar-refractivity contribution is 5.62. The summed E-state index contributed by atoms with van der Waals surface area (Å²) >= 11 is 0. The Hall–Kier alpha value is -1.79. The number of aliphatic hydroxyl groups is 1. The van der Waals surface area contributed by atoms with Crippen LogP contribution in [0.25, 0.3) is 0 Å². The van der Waals surface area contributed by atoms with Gasteiger partial charge in [-0.1, -0.05) is 49.8 Å². The molecule has 1 atom stereocenters. The Morgan fingerprint density at radius 1 is 1.33 bits per heavy atom. The summed E-state index contributed by atoms with van der Waals surface area (Å²) in [7, 11) is 0. The molecular formula is C15H20O3. The third-order valence-corrected chi connectivity index (χ3v) is 1.99. The lowest BCUT2D eigenvalue weighted by Crippen LogP contribution is -2.01. The van der Waals surface area contributed by atoms with E-state index < -0.39 is 12.1 Å². The summed E-state index contributed by atoms with van der Waals surface area (Å²) < 4.78 is 0. The standard InChI is InChI=1S/C13H16O.C2H4O2/c1-2-3-9-13(14)11-10-12-7-5-4-6-8-12;1-2(3)4/h4-8,13-14H,2-3,9H2,1H3;1H3,(H,3,4). The van der Waals surface area contributed by atoms with E-state index in [1.807, 2.05) is 30.3 Å². The van der Waals surface area contributed by atoms with Crippen LogP contribution in [0.2, 0.25) is 0 Å². The van der Waals surface area contributed by atoms with Crippen LogP contribution < -0.4 is 0 Å². The highest BCUT2D eigenvalue weighted by Crippen LogP contribution is 2.00. The van der Waals surface area contributed by atoms with E-state index in [0.29, 0.717) is 0 Å². The molecule has 1 unspecified atom stereocenters. The number of carboxylic acids is 1. The molecule has 1 aromatic rings. The molecule has 3 heteroatoms. The Morgan fingerprint density at radius 2 is 1.89 bits per heavy atom. The molecule has 0 aliphatic carbocycles. The van der Waals surface area contributed by atoms with Gasteiger partial charge in [-0.3, -0.25) is 4.79 Å². The summed E-state index contributed by atoms with van der Waals surface area (Å²) in [6, 6.07) is 9.74. The number of carboxylic acid groups (broad SMARTS) is 1. The average Bonchev–Trinajstić information content (AvgIpc) is 2.34. The van der Waals surface area contributed by atoms with Gasteiger partial charge in [-0.15, -0.1) is 0 Å². The Balaban J connectivity index is 0.000000631. The molecule has 0 amide bonds. The Bertz CT molecular complexity index is 383. The zero-order valence-electron chi connectivity index (χ0n) is 10.9. The molecule has 98 valence electrons. The normalized spacial score (nSPS) is 10.4. The Morgan fingerprint density at radius 3 is 2.39 bits per heavy atom. The monoisotopic (exact) mass is 248 g/mol. The molecule has 0 bridgehead atoms. The molecule has 0 fully saturated rings. The number of unbranched alkanes of at least 4 members (excludes halogenated alkanes) is 1. The predicted octanol–water partition coefficient (Wildman–Crippen LogP) is 2.68. The largest absolute Gasteiger partial charge is 0.481 e. The summed E-state index contributed by atoms with van der Waals surface area (Å²) in [6.07, 6.45) is 2.43. The van der Waals surface area contributed by atoms with Crippen LogP contribution in [0.4, 0.5) is 0 Å². The van der Waals surface area contributed by atoms with Gasteiger partial charge in [0.2, 0.25) is 0 Å². The molecule has 1 rings (SSSR count). The van der Waals surface area contributed by atoms with Crippen LogP contribution in [0.5, 0.6) is 0 Å². The molecule has 0 radical (unpaired) electrons. The number of rotatable bonds is 3. The van der Waals surface area contributed by atoms with Crippen LogP contribution in [0.15, 0.2) is 30.3 Å². The third kappa shape index (κ3) is 10.7. The smallest absolute Gasteiger partial charge is 0.300 e. The van der Waals surface area contributed by atoms with Crippen molar-refractivity contribution in [2.24, 2.45) is 0 Å². The Kier molecular flexibility index (Phi) is 9.34. The third-order valence-electron chi connectivity index (χ3n) is 1.99. The van der Waals surface area contributed by atoms with Crippen molar-refractivity contribution in [2.45, 2.75) is 39.2 Å². The predicted molar refractivity (Wildman–Crippen MR) is 72.2 cm³/mol. The molecule has 2 N–H and O–H groups in total. The van der Waals surface area contributed by atoms with Gasteiger partial charge in [0.05, 0.1) is 0 Å². The molecule has 1 aromatic carbocycles. The van der Waals surface area contributed by atoms with E-state index in [-0.39, 0.29) is 0 Å². The molecular weight excluding hydrogens is 228 g/mol. The highest BCUT2D eigenvalue weighted by atomic mass is 16.4. The minimum Gasteiger partial charge on any atom is -0.481 e. The van der Waals surface area contributed by atoms with E-state index in [9.17, 15) is 5.11 Å². The summed E-state index contributed by atoms with van der Waals surface area (Å²) in [5.41, 5.74) is 0.961. The number of benzene rings is 1. The van der Waals surface area contributed by atoms with Gasteiger partial charge >= 0.3 is 0 Å². The topological polar surface area (TPSA) is 57.5 Å². The van der Waals surface area contributed by atoms with Crippen LogP contribution in [0.1, 0.15) is 38.7 Å². The van der Waals surface area contributed by atoms with Crippen molar-refractivity contribution in [2.75, 3.05) is 0 Å². The van der Waals surface area contributed by atoms with Gasteiger partial charge < -0.3 is 10.2 Å². The van der Waals surface area contributed by atoms with Crippen LogP contribution in [-0.2, 0) is 4.79 Å². The lowest BCUT2D eigenvalue weighted by molar-refractivity contribution is -0.134. The van der Waals surface area contributed by atoms with Gasteiger partial charge in [-0.05, 0) is 18.6 Å². The van der Waals surface area contributed by atoms with Crippen molar-refractivity contribution >= 4 is 5.97 Å². The average molecular weight is 248 g/mol. The van der Waals surface area contributed by atoms with Gasteiger partial charge in [-0.25, -0.2) is 0 Å². The molecule has 0 aliphatic rings. The van der Waals surface area contributed by atoms with Gasteiger partial charge in [0, 0.05) is 12.5 Å². The molecule has 3 nitrogen and oxygen atoms in total. The van der Waals surface area contributed by atoms with E-state index in [2.05, 4.69) is 18.8 Å². The first-order valence-electron chi connectivity index (χ1n) is 6.00. The summed E-state index contributed by atoms with van der Waals surface area (Å²) in [5, 5.41) is 16.9. The molecule has 18 heavy (non-hydrogen) atoms. The van der Waals surface area contributed by atoms with Crippen molar-refractivity contribution in [3.8, 4) is 11.8 Å². The van der Waals surface area contributed by atoms with Gasteiger partial charge in [0.1, 0.15) is 6.10 Å². The zero-order chi connectivity index (χ0) is 13.8. The lowest BCUT2D eigenvalue weighted by atomic mass is 10.1. The molecule has 0 spiro atoms. The van der Waals surface area contributed by atoms with Crippen molar-refractivity contribution < 1.29 is 15.0 Å². The fraction of sp³-hybridized carbons (Fsp3) is 0.400. The van der Waals surface area contributed by atoms with E-state index in [0.717, 1.165) is 31.7 Å². The van der Waals surface area contributed by atoms with E-state index in [1.165, 1.54) is 0 Å². The second kappa shape index (κ2) is 10.4. The molecule has 0 saturated carbocycles. The second-order valence-corrected chi connectivity index (χ2v) is 3.81. The maximum absolute atomic E-state index is 9.47. The lowest BCUT2D eigenvalue weighted by Gasteiger charge is -1.99. The van der Waals surface area contributed by atoms with E-state index in [4.69, 9.17) is 9.90 Å². The molecule has 0 heterocycles. The fourth-order valence-electron chi connectivity index (χ4n) is 1.16. The van der Waals surface area contributed by atoms with Crippen LogP contribution in [0.3, 0.4) is 0 Å². The number of hydrogen-bond acceptors (Lipinski definition) is 2. The maximum Gasteiger partial charge on any atom is 0.300 e. The molecule has 0 saturated heterocycles. The number of aliphatic hydroxyl groups excluding tert-OH is 1. The highest BCUT2D eigenvalue weighted by Gasteiger charge is 1.96. The number of hydrogen-bond donors (Lipinski definition) is 2. The first-order valence-corrected chi connectivity index (χ1v) is 6.00. The van der Waals surface area contributed by atoms with Crippen LogP contribution in [0, 0.1) is 11.8 Å². The molecule has 0 aliphatic heterocycles. The van der Waals surface area contributed by atoms with Gasteiger partial charge in [0.25, 0.3) is 5.97 Å². The van der Waals surface area contributed by atoms with Crippen molar-refractivity contribution in [1.82, 2.24) is 0 Å². The van der Waals surface area contributed by atoms with Crippen molar-refractivity contribution in [3.63, 3.8) is 0 Å². The van der Waals surface area contributed by atoms with Gasteiger partial charge in [-0.2, -0.15) is 0 Å². The molecule has 0 aromatic heterocycles. The second-order valence-electron chi connectivity index (χ2n) is 3.81. The minimum atomic E-state index is -0.833. The summed E-state index contributed by atoms with van der Waals surface area (Å²) in [6.45, 7) is 3.19. The van der Waals surface area contributed by atoms with Crippen molar-refractivity contribution in [3.05, 3.63) is 35.9 Å². The summed E-state index contributed by atoms with van der Waals surface area (Å²) in [4.78, 5) is 9.00. The van der Waals surface area contributed by atoms with Crippen LogP contribution in [-0.4, -0.2) is 22.3 Å². The Labute approximate surface area is 108 Å². The SMILES string of the molecule is CC(=O)O.CCCCC(O)C#Cc1ccccc1. The van der Waals surface area contributed by atoms with E-state index in [1.54, 1.807) is 0 Å². The number of aliphatic carboxylic acids is 1.